The fourth-order valence-electron chi connectivity index (χ4n) is 0.921. The maximum atomic E-state index is 11.1. The maximum Gasteiger partial charge on any atom is 0.341 e. The van der Waals surface area contributed by atoms with Crippen LogP contribution in [0.3, 0.4) is 0 Å². The van der Waals surface area contributed by atoms with Crippen molar-refractivity contribution >= 4 is 6.03 Å². The molecule has 0 bridgehead atoms. The molecule has 5 heteroatoms. The summed E-state index contributed by atoms with van der Waals surface area (Å²) in [7, 11) is 0. The largest absolute Gasteiger partial charge is 0.341 e. The summed E-state index contributed by atoms with van der Waals surface area (Å²) in [5, 5.41) is 12.1. The molecule has 0 spiro atoms. The van der Waals surface area contributed by atoms with Crippen molar-refractivity contribution in [3.05, 3.63) is 0 Å². The lowest BCUT2D eigenvalue weighted by molar-refractivity contribution is -0.0661. The van der Waals surface area contributed by atoms with Crippen LogP contribution < -0.4 is 5.32 Å². The van der Waals surface area contributed by atoms with Crippen molar-refractivity contribution in [2.45, 2.75) is 12.8 Å². The van der Waals surface area contributed by atoms with E-state index in [1.807, 2.05) is 6.07 Å². The highest BCUT2D eigenvalue weighted by atomic mass is 16.7. The lowest BCUT2D eigenvalue weighted by Crippen LogP contribution is -2.37. The van der Waals surface area contributed by atoms with Crippen LogP contribution in [-0.4, -0.2) is 30.8 Å². The molecule has 1 aliphatic rings. The molecule has 12 heavy (non-hydrogen) atoms. The average Bonchev–Trinajstić information content (AvgIpc) is 2.56. The molecule has 0 saturated carbocycles. The van der Waals surface area contributed by atoms with Gasteiger partial charge in [0.1, 0.15) is 0 Å². The first-order valence-electron chi connectivity index (χ1n) is 3.90. The second-order valence-corrected chi connectivity index (χ2v) is 2.43. The van der Waals surface area contributed by atoms with E-state index in [1.54, 1.807) is 0 Å². The zero-order valence-electron chi connectivity index (χ0n) is 6.75. The van der Waals surface area contributed by atoms with Gasteiger partial charge in [-0.05, 0) is 6.42 Å². The molecule has 0 unspecified atom stereocenters. The predicted molar refractivity (Wildman–Crippen MR) is 40.9 cm³/mol. The van der Waals surface area contributed by atoms with Gasteiger partial charge in [-0.1, -0.05) is 0 Å². The SMILES string of the molecule is N#CCCNC(=O)N1CCCO1. The minimum Gasteiger partial charge on any atom is -0.335 e. The fraction of sp³-hybridized carbons (Fsp3) is 0.714. The van der Waals surface area contributed by atoms with E-state index in [9.17, 15) is 4.79 Å². The number of urea groups is 1. The molecule has 0 radical (unpaired) electrons. The van der Waals surface area contributed by atoms with Crippen molar-refractivity contribution in [2.75, 3.05) is 19.7 Å². The smallest absolute Gasteiger partial charge is 0.335 e. The molecule has 1 aliphatic heterocycles. The lowest BCUT2D eigenvalue weighted by Gasteiger charge is -2.13. The molecule has 5 nitrogen and oxygen atoms in total. The van der Waals surface area contributed by atoms with Gasteiger partial charge in [-0.25, -0.2) is 9.86 Å². The Balaban J connectivity index is 2.15. The number of rotatable bonds is 2. The molecule has 0 aliphatic carbocycles. The Bertz CT molecular complexity index is 193. The number of carbonyl (C=O) groups is 1. The van der Waals surface area contributed by atoms with E-state index in [-0.39, 0.29) is 6.03 Å². The number of carbonyl (C=O) groups excluding carboxylic acids is 1. The third kappa shape index (κ3) is 2.40. The van der Waals surface area contributed by atoms with Gasteiger partial charge in [0, 0.05) is 6.54 Å². The van der Waals surface area contributed by atoms with Crippen molar-refractivity contribution < 1.29 is 9.63 Å². The van der Waals surface area contributed by atoms with Gasteiger partial charge in [0.05, 0.1) is 25.6 Å². The standard InChI is InChI=1S/C7H11N3O2/c8-3-1-4-9-7(11)10-5-2-6-12-10/h1-2,4-6H2,(H,9,11). The van der Waals surface area contributed by atoms with E-state index in [0.29, 0.717) is 26.1 Å². The zero-order valence-corrected chi connectivity index (χ0v) is 6.75. The van der Waals surface area contributed by atoms with E-state index < -0.39 is 0 Å². The number of hydrogen-bond acceptors (Lipinski definition) is 3. The highest BCUT2D eigenvalue weighted by molar-refractivity contribution is 5.73. The molecular weight excluding hydrogens is 158 g/mol. The summed E-state index contributed by atoms with van der Waals surface area (Å²) in [6.45, 7) is 1.62. The average molecular weight is 169 g/mol. The fourth-order valence-corrected chi connectivity index (χ4v) is 0.921. The van der Waals surface area contributed by atoms with E-state index in [4.69, 9.17) is 10.1 Å². The van der Waals surface area contributed by atoms with Crippen molar-refractivity contribution in [2.24, 2.45) is 0 Å². The Morgan fingerprint density at radius 1 is 1.75 bits per heavy atom. The lowest BCUT2D eigenvalue weighted by atomic mass is 10.4. The Kier molecular flexibility index (Phi) is 3.35. The van der Waals surface area contributed by atoms with Crippen LogP contribution in [0, 0.1) is 11.3 Å². The van der Waals surface area contributed by atoms with Gasteiger partial charge in [0.15, 0.2) is 0 Å². The minimum absolute atomic E-state index is 0.247. The first-order valence-corrected chi connectivity index (χ1v) is 3.90. The molecule has 1 N–H and O–H groups in total. The first kappa shape index (κ1) is 8.81. The van der Waals surface area contributed by atoms with Gasteiger partial charge in [-0.2, -0.15) is 5.26 Å². The number of nitrogens with one attached hydrogen (secondary N) is 1. The molecule has 0 aromatic rings. The van der Waals surface area contributed by atoms with E-state index in [2.05, 4.69) is 5.32 Å². The van der Waals surface area contributed by atoms with Crippen LogP contribution in [0.4, 0.5) is 4.79 Å². The third-order valence-corrected chi connectivity index (χ3v) is 1.49. The van der Waals surface area contributed by atoms with Crippen LogP contribution in [0.15, 0.2) is 0 Å². The number of nitriles is 1. The quantitative estimate of drug-likeness (QED) is 0.602. The third-order valence-electron chi connectivity index (χ3n) is 1.49. The molecule has 1 rings (SSSR count). The number of hydrogen-bond donors (Lipinski definition) is 1. The topological polar surface area (TPSA) is 65.4 Å². The number of nitrogens with zero attached hydrogens (tertiary/aromatic N) is 2. The van der Waals surface area contributed by atoms with E-state index >= 15 is 0 Å². The molecule has 1 heterocycles. The molecule has 66 valence electrons. The van der Waals surface area contributed by atoms with E-state index in [1.165, 1.54) is 5.06 Å². The second kappa shape index (κ2) is 4.57. The van der Waals surface area contributed by atoms with Gasteiger partial charge in [-0.3, -0.25) is 4.84 Å². The van der Waals surface area contributed by atoms with Crippen molar-refractivity contribution in [1.82, 2.24) is 10.4 Å². The van der Waals surface area contributed by atoms with Gasteiger partial charge in [0.25, 0.3) is 0 Å². The monoisotopic (exact) mass is 169 g/mol. The highest BCUT2D eigenvalue weighted by Crippen LogP contribution is 2.03. The van der Waals surface area contributed by atoms with Crippen molar-refractivity contribution in [1.29, 1.82) is 5.26 Å². The van der Waals surface area contributed by atoms with Gasteiger partial charge >= 0.3 is 6.03 Å². The van der Waals surface area contributed by atoms with Crippen LogP contribution in [0.25, 0.3) is 0 Å². The van der Waals surface area contributed by atoms with Gasteiger partial charge in [-0.15, -0.1) is 0 Å². The van der Waals surface area contributed by atoms with Crippen LogP contribution in [0.2, 0.25) is 0 Å². The Hall–Kier alpha value is -1.28. The molecule has 0 aromatic heterocycles. The first-order chi connectivity index (χ1) is 5.84. The summed E-state index contributed by atoms with van der Waals surface area (Å²) in [6, 6.07) is 1.69. The second-order valence-electron chi connectivity index (χ2n) is 2.43. The molecule has 1 fully saturated rings. The predicted octanol–water partition coefficient (Wildman–Crippen LogP) is 0.247. The zero-order chi connectivity index (χ0) is 8.81. The summed E-state index contributed by atoms with van der Waals surface area (Å²) < 4.78 is 0. The normalized spacial score (nSPS) is 15.8. The molecular formula is C7H11N3O2. The van der Waals surface area contributed by atoms with Crippen LogP contribution in [0.5, 0.6) is 0 Å². The number of hydroxylamine groups is 2. The summed E-state index contributed by atoms with van der Waals surface area (Å²) in [4.78, 5) is 16.1. The van der Waals surface area contributed by atoms with E-state index in [0.717, 1.165) is 6.42 Å². The summed E-state index contributed by atoms with van der Waals surface area (Å²) in [5.74, 6) is 0. The summed E-state index contributed by atoms with van der Waals surface area (Å²) in [6.07, 6.45) is 1.21. The van der Waals surface area contributed by atoms with Gasteiger partial charge < -0.3 is 5.32 Å². The summed E-state index contributed by atoms with van der Waals surface area (Å²) in [5.41, 5.74) is 0. The minimum atomic E-state index is -0.247. The number of amides is 2. The highest BCUT2D eigenvalue weighted by Gasteiger charge is 2.17. The summed E-state index contributed by atoms with van der Waals surface area (Å²) >= 11 is 0. The maximum absolute atomic E-state index is 11.1. The van der Waals surface area contributed by atoms with Gasteiger partial charge in [0.2, 0.25) is 0 Å². The van der Waals surface area contributed by atoms with Crippen LogP contribution in [-0.2, 0) is 4.84 Å². The Labute approximate surface area is 70.9 Å². The molecule has 0 aromatic carbocycles. The molecule has 2 amide bonds. The van der Waals surface area contributed by atoms with Crippen molar-refractivity contribution in [3.63, 3.8) is 0 Å². The van der Waals surface area contributed by atoms with Crippen LogP contribution >= 0.6 is 0 Å². The Morgan fingerprint density at radius 2 is 2.58 bits per heavy atom. The molecule has 0 atom stereocenters. The molecule has 1 saturated heterocycles. The Morgan fingerprint density at radius 3 is 3.17 bits per heavy atom. The van der Waals surface area contributed by atoms with Crippen LogP contribution in [0.1, 0.15) is 12.8 Å². The van der Waals surface area contributed by atoms with Crippen molar-refractivity contribution in [3.8, 4) is 6.07 Å².